The average molecular weight is 177 g/mol. The van der Waals surface area contributed by atoms with Gasteiger partial charge in [-0.3, -0.25) is 4.79 Å². The highest BCUT2D eigenvalue weighted by atomic mass is 32.2. The van der Waals surface area contributed by atoms with Crippen molar-refractivity contribution >= 4 is 16.2 Å². The molecule has 0 aromatic carbocycles. The first kappa shape index (κ1) is 8.52. The SMILES string of the molecule is CC1(NC=O)CCS(=O)(=O)C1. The Bertz CT molecular complexity index is 259. The summed E-state index contributed by atoms with van der Waals surface area (Å²) in [6.07, 6.45) is 1.08. The van der Waals surface area contributed by atoms with Crippen molar-refractivity contribution in [3.8, 4) is 0 Å². The van der Waals surface area contributed by atoms with Crippen molar-refractivity contribution < 1.29 is 13.2 Å². The Kier molecular flexibility index (Phi) is 1.92. The van der Waals surface area contributed by atoms with Crippen LogP contribution in [0.2, 0.25) is 0 Å². The Morgan fingerprint density at radius 2 is 2.18 bits per heavy atom. The maximum Gasteiger partial charge on any atom is 0.207 e. The van der Waals surface area contributed by atoms with E-state index in [9.17, 15) is 13.2 Å². The van der Waals surface area contributed by atoms with E-state index >= 15 is 0 Å². The molecule has 1 fully saturated rings. The van der Waals surface area contributed by atoms with Crippen LogP contribution < -0.4 is 5.32 Å². The summed E-state index contributed by atoms with van der Waals surface area (Å²) in [6.45, 7) is 1.74. The van der Waals surface area contributed by atoms with Gasteiger partial charge < -0.3 is 5.32 Å². The molecule has 1 aliphatic heterocycles. The molecule has 64 valence electrons. The lowest BCUT2D eigenvalue weighted by atomic mass is 10.0. The fraction of sp³-hybridized carbons (Fsp3) is 0.833. The number of hydrogen-bond acceptors (Lipinski definition) is 3. The fourth-order valence-electron chi connectivity index (χ4n) is 1.27. The van der Waals surface area contributed by atoms with Gasteiger partial charge >= 0.3 is 0 Å². The maximum absolute atomic E-state index is 11.0. The number of nitrogens with one attached hydrogen (secondary N) is 1. The summed E-state index contributed by atoms with van der Waals surface area (Å²) in [5, 5.41) is 2.52. The van der Waals surface area contributed by atoms with Gasteiger partial charge in [0.1, 0.15) is 0 Å². The summed E-state index contributed by atoms with van der Waals surface area (Å²) in [5.74, 6) is 0.253. The number of carbonyl (C=O) groups is 1. The summed E-state index contributed by atoms with van der Waals surface area (Å²) in [4.78, 5) is 10.1. The Labute approximate surface area is 65.9 Å². The quantitative estimate of drug-likeness (QED) is 0.568. The van der Waals surface area contributed by atoms with Crippen molar-refractivity contribution in [1.29, 1.82) is 0 Å². The highest BCUT2D eigenvalue weighted by Crippen LogP contribution is 2.21. The summed E-state index contributed by atoms with van der Waals surface area (Å²) in [7, 11) is -2.90. The lowest BCUT2D eigenvalue weighted by Crippen LogP contribution is -2.42. The van der Waals surface area contributed by atoms with Gasteiger partial charge in [-0.1, -0.05) is 0 Å². The lowest BCUT2D eigenvalue weighted by Gasteiger charge is -2.19. The number of amides is 1. The lowest BCUT2D eigenvalue weighted by molar-refractivity contribution is -0.110. The number of hydrogen-bond donors (Lipinski definition) is 1. The second-order valence-corrected chi connectivity index (χ2v) is 5.35. The first-order valence-electron chi connectivity index (χ1n) is 3.39. The van der Waals surface area contributed by atoms with Gasteiger partial charge in [0.25, 0.3) is 0 Å². The molecule has 1 amide bonds. The van der Waals surface area contributed by atoms with Gasteiger partial charge in [-0.25, -0.2) is 8.42 Å². The first-order chi connectivity index (χ1) is 4.97. The minimum absolute atomic E-state index is 0.0682. The van der Waals surface area contributed by atoms with Crippen LogP contribution in [0.15, 0.2) is 0 Å². The van der Waals surface area contributed by atoms with Crippen molar-refractivity contribution in [3.05, 3.63) is 0 Å². The molecule has 0 aromatic rings. The van der Waals surface area contributed by atoms with Gasteiger partial charge in [0.15, 0.2) is 9.84 Å². The molecule has 1 aliphatic rings. The van der Waals surface area contributed by atoms with Crippen molar-refractivity contribution in [2.24, 2.45) is 0 Å². The van der Waals surface area contributed by atoms with Gasteiger partial charge in [-0.2, -0.15) is 0 Å². The van der Waals surface area contributed by atoms with Crippen molar-refractivity contribution in [2.45, 2.75) is 18.9 Å². The Balaban J connectivity index is 2.72. The maximum atomic E-state index is 11.0. The topological polar surface area (TPSA) is 63.2 Å². The third kappa shape index (κ3) is 1.92. The monoisotopic (exact) mass is 177 g/mol. The molecule has 1 saturated heterocycles. The molecule has 1 rings (SSSR count). The van der Waals surface area contributed by atoms with E-state index in [4.69, 9.17) is 0 Å². The minimum Gasteiger partial charge on any atom is -0.352 e. The highest BCUT2D eigenvalue weighted by Gasteiger charge is 2.37. The smallest absolute Gasteiger partial charge is 0.207 e. The molecule has 0 radical (unpaired) electrons. The molecule has 1 heterocycles. The third-order valence-corrected chi connectivity index (χ3v) is 3.81. The number of sulfone groups is 1. The van der Waals surface area contributed by atoms with Gasteiger partial charge in [0.2, 0.25) is 6.41 Å². The molecule has 1 N–H and O–H groups in total. The van der Waals surface area contributed by atoms with Crippen molar-refractivity contribution in [1.82, 2.24) is 5.32 Å². The Hall–Kier alpha value is -0.580. The zero-order valence-corrected chi connectivity index (χ0v) is 7.15. The molecule has 0 aliphatic carbocycles. The van der Waals surface area contributed by atoms with E-state index in [1.807, 2.05) is 0 Å². The normalized spacial score (nSPS) is 35.0. The number of rotatable bonds is 2. The van der Waals surface area contributed by atoms with Crippen LogP contribution >= 0.6 is 0 Å². The standard InChI is InChI=1S/C6H11NO3S/c1-6(7-5-8)2-3-11(9,10)4-6/h5H,2-4H2,1H3,(H,7,8). The van der Waals surface area contributed by atoms with Crippen LogP contribution in [0.5, 0.6) is 0 Å². The summed E-state index contributed by atoms with van der Waals surface area (Å²) < 4.78 is 21.9. The second-order valence-electron chi connectivity index (χ2n) is 3.16. The van der Waals surface area contributed by atoms with Crippen LogP contribution in [0, 0.1) is 0 Å². The van der Waals surface area contributed by atoms with E-state index in [1.54, 1.807) is 6.92 Å². The van der Waals surface area contributed by atoms with Crippen LogP contribution in [0.3, 0.4) is 0 Å². The minimum atomic E-state index is -2.90. The van der Waals surface area contributed by atoms with E-state index in [2.05, 4.69) is 5.32 Å². The molecule has 4 nitrogen and oxygen atoms in total. The third-order valence-electron chi connectivity index (χ3n) is 1.91. The summed E-state index contributed by atoms with van der Waals surface area (Å²) >= 11 is 0. The van der Waals surface area contributed by atoms with E-state index in [1.165, 1.54) is 0 Å². The first-order valence-corrected chi connectivity index (χ1v) is 5.21. The van der Waals surface area contributed by atoms with Crippen LogP contribution in [0.25, 0.3) is 0 Å². The molecule has 1 unspecified atom stereocenters. The fourth-order valence-corrected chi connectivity index (χ4v) is 3.37. The number of carbonyl (C=O) groups excluding carboxylic acids is 1. The van der Waals surface area contributed by atoms with E-state index in [0.29, 0.717) is 12.8 Å². The van der Waals surface area contributed by atoms with Crippen LogP contribution in [-0.4, -0.2) is 31.9 Å². The highest BCUT2D eigenvalue weighted by molar-refractivity contribution is 7.91. The van der Waals surface area contributed by atoms with Gasteiger partial charge in [-0.15, -0.1) is 0 Å². The predicted molar refractivity (Wildman–Crippen MR) is 40.9 cm³/mol. The van der Waals surface area contributed by atoms with Crippen molar-refractivity contribution in [2.75, 3.05) is 11.5 Å². The molecule has 0 aromatic heterocycles. The molecule has 11 heavy (non-hydrogen) atoms. The van der Waals surface area contributed by atoms with Crippen LogP contribution in [0.4, 0.5) is 0 Å². The average Bonchev–Trinajstić information content (AvgIpc) is 2.07. The predicted octanol–water partition coefficient (Wildman–Crippen LogP) is -0.690. The van der Waals surface area contributed by atoms with Crippen molar-refractivity contribution in [3.63, 3.8) is 0 Å². The molecule has 0 spiro atoms. The molecule has 0 saturated carbocycles. The Morgan fingerprint density at radius 1 is 1.55 bits per heavy atom. The molecular formula is C6H11NO3S. The largest absolute Gasteiger partial charge is 0.352 e. The van der Waals surface area contributed by atoms with Crippen LogP contribution in [0.1, 0.15) is 13.3 Å². The Morgan fingerprint density at radius 3 is 2.55 bits per heavy atom. The van der Waals surface area contributed by atoms with Gasteiger partial charge in [0, 0.05) is 0 Å². The van der Waals surface area contributed by atoms with Gasteiger partial charge in [-0.05, 0) is 13.3 Å². The molecular weight excluding hydrogens is 166 g/mol. The summed E-state index contributed by atoms with van der Waals surface area (Å²) in [6, 6.07) is 0. The van der Waals surface area contributed by atoms with E-state index in [0.717, 1.165) is 0 Å². The van der Waals surface area contributed by atoms with E-state index < -0.39 is 15.4 Å². The second kappa shape index (κ2) is 2.48. The molecule has 0 bridgehead atoms. The van der Waals surface area contributed by atoms with Gasteiger partial charge in [0.05, 0.1) is 17.0 Å². The molecule has 1 atom stereocenters. The zero-order valence-electron chi connectivity index (χ0n) is 6.33. The zero-order chi connectivity index (χ0) is 8.54. The molecule has 5 heteroatoms. The van der Waals surface area contributed by atoms with E-state index in [-0.39, 0.29) is 11.5 Å². The van der Waals surface area contributed by atoms with Crippen LogP contribution in [-0.2, 0) is 14.6 Å². The summed E-state index contributed by atoms with van der Waals surface area (Å²) in [5.41, 5.74) is -0.527.